The number of aromatic nitrogens is 1. The van der Waals surface area contributed by atoms with Gasteiger partial charge in [0.1, 0.15) is 10.9 Å². The van der Waals surface area contributed by atoms with E-state index in [1.165, 1.54) is 4.88 Å². The second kappa shape index (κ2) is 11.4. The van der Waals surface area contributed by atoms with Crippen molar-refractivity contribution in [2.24, 2.45) is 0 Å². The fraction of sp³-hybridized carbons (Fsp3) is 0.440. The lowest BCUT2D eigenvalue weighted by molar-refractivity contribution is 0.0372. The summed E-state index contributed by atoms with van der Waals surface area (Å²) in [6.45, 7) is 4.84. The van der Waals surface area contributed by atoms with E-state index in [0.717, 1.165) is 73.7 Å². The molecule has 180 valence electrons. The zero-order chi connectivity index (χ0) is 23.9. The molecule has 1 N–H and O–H groups in total. The van der Waals surface area contributed by atoms with Crippen LogP contribution in [0.3, 0.4) is 0 Å². The van der Waals surface area contributed by atoms with Crippen molar-refractivity contribution in [2.45, 2.75) is 19.3 Å². The molecule has 0 bridgehead atoms. The number of hydrogen-bond donors (Lipinski definition) is 1. The lowest BCUT2D eigenvalue weighted by Crippen LogP contribution is -2.36. The summed E-state index contributed by atoms with van der Waals surface area (Å²) < 4.78 is 21.8. The number of benzene rings is 1. The molecule has 4 rings (SSSR count). The molecule has 0 amide bonds. The highest BCUT2D eigenvalue weighted by Crippen LogP contribution is 2.42. The first kappa shape index (κ1) is 24.1. The van der Waals surface area contributed by atoms with E-state index in [0.29, 0.717) is 22.8 Å². The van der Waals surface area contributed by atoms with E-state index in [1.807, 2.05) is 12.1 Å². The van der Waals surface area contributed by atoms with E-state index in [9.17, 15) is 5.26 Å². The lowest BCUT2D eigenvalue weighted by atomic mass is 10.1. The molecule has 2 aromatic heterocycles. The number of thiophene rings is 1. The minimum atomic E-state index is 0.484. The number of anilines is 2. The Morgan fingerprint density at radius 2 is 1.82 bits per heavy atom. The first-order valence-corrected chi connectivity index (χ1v) is 12.2. The summed E-state index contributed by atoms with van der Waals surface area (Å²) in [4.78, 5) is 9.19. The normalized spacial score (nSPS) is 14.1. The van der Waals surface area contributed by atoms with Crippen LogP contribution in [0.4, 0.5) is 11.4 Å². The average Bonchev–Trinajstić information content (AvgIpc) is 3.30. The van der Waals surface area contributed by atoms with Crippen molar-refractivity contribution in [3.63, 3.8) is 0 Å². The Morgan fingerprint density at radius 1 is 1.09 bits per heavy atom. The highest BCUT2D eigenvalue weighted by molar-refractivity contribution is 7.18. The highest BCUT2D eigenvalue weighted by Gasteiger charge is 2.17. The molecular weight excluding hydrogens is 452 g/mol. The molecule has 34 heavy (non-hydrogen) atoms. The summed E-state index contributed by atoms with van der Waals surface area (Å²) in [6.07, 6.45) is 4.89. The topological polar surface area (TPSA) is 88.9 Å². The van der Waals surface area contributed by atoms with Crippen molar-refractivity contribution in [1.29, 1.82) is 5.26 Å². The molecule has 0 spiro atoms. The van der Waals surface area contributed by atoms with Gasteiger partial charge >= 0.3 is 0 Å². The minimum absolute atomic E-state index is 0.484. The fourth-order valence-corrected chi connectivity index (χ4v) is 5.19. The smallest absolute Gasteiger partial charge is 0.203 e. The van der Waals surface area contributed by atoms with Crippen LogP contribution in [0, 0.1) is 11.3 Å². The van der Waals surface area contributed by atoms with Crippen LogP contribution in [-0.4, -0.2) is 64.1 Å². The molecular formula is C25H30N4O4S. The Hall–Kier alpha value is -3.06. The number of methoxy groups -OCH3 is 3. The first-order chi connectivity index (χ1) is 16.7. The van der Waals surface area contributed by atoms with Crippen LogP contribution >= 0.6 is 11.3 Å². The van der Waals surface area contributed by atoms with E-state index >= 15 is 0 Å². The molecule has 0 aliphatic carbocycles. The number of nitrogens with one attached hydrogen (secondary N) is 1. The van der Waals surface area contributed by atoms with Gasteiger partial charge in [-0.2, -0.15) is 5.26 Å². The molecule has 1 aromatic carbocycles. The van der Waals surface area contributed by atoms with Gasteiger partial charge in [-0.1, -0.05) is 0 Å². The third-order valence-corrected chi connectivity index (χ3v) is 7.02. The van der Waals surface area contributed by atoms with E-state index in [-0.39, 0.29) is 0 Å². The maximum Gasteiger partial charge on any atom is 0.203 e. The first-order valence-electron chi connectivity index (χ1n) is 11.4. The van der Waals surface area contributed by atoms with Gasteiger partial charge in [-0.25, -0.2) is 4.98 Å². The Morgan fingerprint density at radius 3 is 2.47 bits per heavy atom. The van der Waals surface area contributed by atoms with E-state index in [2.05, 4.69) is 27.3 Å². The number of morpholine rings is 1. The third kappa shape index (κ3) is 5.36. The number of unbranched alkanes of at least 4 members (excludes halogenated alkanes) is 1. The summed E-state index contributed by atoms with van der Waals surface area (Å²) in [7, 11) is 4.73. The Labute approximate surface area is 204 Å². The molecule has 0 radical (unpaired) electrons. The number of nitriles is 1. The third-order valence-electron chi connectivity index (χ3n) is 5.92. The Balaban J connectivity index is 1.54. The molecule has 8 nitrogen and oxygen atoms in total. The molecule has 3 aromatic rings. The molecule has 0 saturated carbocycles. The Bertz CT molecular complexity index is 1140. The number of rotatable bonds is 10. The molecule has 9 heteroatoms. The van der Waals surface area contributed by atoms with Crippen LogP contribution in [-0.2, 0) is 11.2 Å². The Kier molecular flexibility index (Phi) is 8.06. The summed E-state index contributed by atoms with van der Waals surface area (Å²) in [5.41, 5.74) is 1.95. The van der Waals surface area contributed by atoms with Gasteiger partial charge in [-0.05, 0) is 31.9 Å². The number of aryl methyl sites for hydroxylation is 1. The van der Waals surface area contributed by atoms with Gasteiger partial charge in [0.15, 0.2) is 11.5 Å². The van der Waals surface area contributed by atoms with Crippen LogP contribution in [0.25, 0.3) is 10.2 Å². The largest absolute Gasteiger partial charge is 0.493 e. The van der Waals surface area contributed by atoms with Gasteiger partial charge in [-0.3, -0.25) is 4.90 Å². The van der Waals surface area contributed by atoms with Crippen molar-refractivity contribution in [2.75, 3.05) is 59.5 Å². The average molecular weight is 483 g/mol. The zero-order valence-electron chi connectivity index (χ0n) is 19.8. The summed E-state index contributed by atoms with van der Waals surface area (Å²) in [5.74, 6) is 1.60. The van der Waals surface area contributed by atoms with Gasteiger partial charge in [0, 0.05) is 47.4 Å². The monoisotopic (exact) mass is 482 g/mol. The van der Waals surface area contributed by atoms with Gasteiger partial charge in [0.05, 0.1) is 45.8 Å². The molecule has 3 heterocycles. The molecule has 1 aliphatic rings. The van der Waals surface area contributed by atoms with E-state index < -0.39 is 0 Å². The molecule has 0 unspecified atom stereocenters. The van der Waals surface area contributed by atoms with Crippen molar-refractivity contribution in [3.8, 4) is 23.3 Å². The summed E-state index contributed by atoms with van der Waals surface area (Å²) in [5, 5.41) is 14.1. The van der Waals surface area contributed by atoms with Gasteiger partial charge < -0.3 is 24.3 Å². The highest BCUT2D eigenvalue weighted by atomic mass is 32.1. The van der Waals surface area contributed by atoms with Crippen molar-refractivity contribution in [3.05, 3.63) is 34.8 Å². The standard InChI is InChI=1S/C25H30N4O4S/c1-30-21-12-18(13-22(31-2)24(21)32-3)28-23-17(15-26)16-27-25-20(23)14-19(34-25)6-4-5-7-29-8-10-33-11-9-29/h12-14,16H,4-11H2,1-3H3,(H,27,28). The second-order valence-corrected chi connectivity index (χ2v) is 9.16. The SMILES string of the molecule is COc1cc(Nc2c(C#N)cnc3sc(CCCCN4CCOCC4)cc23)cc(OC)c1OC. The predicted octanol–water partition coefficient (Wildman–Crippen LogP) is 4.59. The second-order valence-electron chi connectivity index (χ2n) is 8.04. The number of pyridine rings is 1. The predicted molar refractivity (Wildman–Crippen MR) is 134 cm³/mol. The molecule has 0 atom stereocenters. The van der Waals surface area contributed by atoms with Crippen LogP contribution in [0.1, 0.15) is 23.3 Å². The van der Waals surface area contributed by atoms with Crippen LogP contribution < -0.4 is 19.5 Å². The maximum atomic E-state index is 9.73. The van der Waals surface area contributed by atoms with Crippen molar-refractivity contribution in [1.82, 2.24) is 9.88 Å². The maximum absolute atomic E-state index is 9.73. The molecule has 1 saturated heterocycles. The quantitative estimate of drug-likeness (QED) is 0.420. The van der Waals surface area contributed by atoms with E-state index in [4.69, 9.17) is 18.9 Å². The number of nitrogens with zero attached hydrogens (tertiary/aromatic N) is 3. The molecule has 1 fully saturated rings. The van der Waals surface area contributed by atoms with Crippen molar-refractivity contribution >= 4 is 32.9 Å². The van der Waals surface area contributed by atoms with E-state index in [1.54, 1.807) is 38.9 Å². The minimum Gasteiger partial charge on any atom is -0.493 e. The van der Waals surface area contributed by atoms with Gasteiger partial charge in [0.2, 0.25) is 5.75 Å². The molecule has 1 aliphatic heterocycles. The van der Waals surface area contributed by atoms with Crippen LogP contribution in [0.5, 0.6) is 17.2 Å². The zero-order valence-corrected chi connectivity index (χ0v) is 20.7. The van der Waals surface area contributed by atoms with Gasteiger partial charge in [-0.15, -0.1) is 11.3 Å². The van der Waals surface area contributed by atoms with Crippen LogP contribution in [0.15, 0.2) is 24.4 Å². The summed E-state index contributed by atoms with van der Waals surface area (Å²) in [6, 6.07) is 8.07. The van der Waals surface area contributed by atoms with Crippen molar-refractivity contribution < 1.29 is 18.9 Å². The number of ether oxygens (including phenoxy) is 4. The summed E-state index contributed by atoms with van der Waals surface area (Å²) >= 11 is 1.69. The fourth-order valence-electron chi connectivity index (χ4n) is 4.14. The van der Waals surface area contributed by atoms with Gasteiger partial charge in [0.25, 0.3) is 0 Å². The number of fused-ring (bicyclic) bond motifs is 1. The lowest BCUT2D eigenvalue weighted by Gasteiger charge is -2.26. The van der Waals surface area contributed by atoms with Crippen LogP contribution in [0.2, 0.25) is 0 Å². The number of hydrogen-bond acceptors (Lipinski definition) is 9.